The van der Waals surface area contributed by atoms with Crippen molar-refractivity contribution in [1.82, 2.24) is 20.9 Å². The maximum atomic E-state index is 12.9. The van der Waals surface area contributed by atoms with Gasteiger partial charge in [0.15, 0.2) is 0 Å². The fourth-order valence-corrected chi connectivity index (χ4v) is 3.35. The number of aliphatic hydroxyl groups excluding tert-OH is 1. The smallest absolute Gasteiger partial charge is 0.322 e. The zero-order valence-corrected chi connectivity index (χ0v) is 19.0. The summed E-state index contributed by atoms with van der Waals surface area (Å²) in [6.07, 6.45) is -0.294. The van der Waals surface area contributed by atoms with Crippen LogP contribution in [0.3, 0.4) is 0 Å². The molecule has 13 nitrogen and oxygen atoms in total. The minimum Gasteiger partial charge on any atom is -0.481 e. The molecule has 0 bridgehead atoms. The molecule has 2 rings (SSSR count). The van der Waals surface area contributed by atoms with Crippen LogP contribution >= 0.6 is 0 Å². The predicted octanol–water partition coefficient (Wildman–Crippen LogP) is -1.55. The Morgan fingerprint density at radius 3 is 2.31 bits per heavy atom. The summed E-state index contributed by atoms with van der Waals surface area (Å²) in [7, 11) is 0. The van der Waals surface area contributed by atoms with Crippen LogP contribution in [0.25, 0.3) is 10.9 Å². The quantitative estimate of drug-likeness (QED) is 0.162. The van der Waals surface area contributed by atoms with Crippen LogP contribution in [0.15, 0.2) is 30.5 Å². The number of rotatable bonds is 13. The minimum atomic E-state index is -1.50. The van der Waals surface area contributed by atoms with Gasteiger partial charge in [0.2, 0.25) is 17.7 Å². The number of nitrogens with two attached hydrogens (primary N) is 1. The first-order valence-corrected chi connectivity index (χ1v) is 10.8. The normalized spacial score (nSPS) is 14.4. The maximum Gasteiger partial charge on any atom is 0.322 e. The van der Waals surface area contributed by atoms with Crippen molar-refractivity contribution in [3.63, 3.8) is 0 Å². The number of fused-ring (bicyclic) bond motifs is 1. The van der Waals surface area contributed by atoms with Crippen molar-refractivity contribution in [3.05, 3.63) is 36.0 Å². The van der Waals surface area contributed by atoms with Crippen LogP contribution in [-0.4, -0.2) is 80.7 Å². The number of hydrogen-bond donors (Lipinski definition) is 8. The predicted molar refractivity (Wildman–Crippen MR) is 123 cm³/mol. The van der Waals surface area contributed by atoms with Crippen molar-refractivity contribution >= 4 is 40.6 Å². The summed E-state index contributed by atoms with van der Waals surface area (Å²) in [4.78, 5) is 62.5. The molecule has 4 atom stereocenters. The van der Waals surface area contributed by atoms with Gasteiger partial charge in [0, 0.05) is 29.9 Å². The van der Waals surface area contributed by atoms with Gasteiger partial charge in [-0.3, -0.25) is 24.0 Å². The molecular formula is C22H29N5O8. The van der Waals surface area contributed by atoms with E-state index >= 15 is 0 Å². The van der Waals surface area contributed by atoms with Gasteiger partial charge in [-0.05, 0) is 25.0 Å². The van der Waals surface area contributed by atoms with Gasteiger partial charge in [-0.2, -0.15) is 0 Å². The monoisotopic (exact) mass is 491 g/mol. The third-order valence-electron chi connectivity index (χ3n) is 5.21. The SMILES string of the molecule is CC(O)C(NC(=O)C(N)CCC(=O)O)C(=O)NC(Cc1c[nH]c2ccccc12)C(=O)NCC(=O)O. The molecule has 1 heterocycles. The van der Waals surface area contributed by atoms with Crippen molar-refractivity contribution in [2.75, 3.05) is 6.54 Å². The number of aliphatic carboxylic acids is 2. The Bertz CT molecular complexity index is 1080. The van der Waals surface area contributed by atoms with Crippen LogP contribution < -0.4 is 21.7 Å². The third kappa shape index (κ3) is 8.08. The van der Waals surface area contributed by atoms with E-state index in [-0.39, 0.29) is 19.3 Å². The zero-order valence-electron chi connectivity index (χ0n) is 19.0. The van der Waals surface area contributed by atoms with Gasteiger partial charge in [0.25, 0.3) is 0 Å². The van der Waals surface area contributed by atoms with E-state index in [1.54, 1.807) is 12.3 Å². The number of aliphatic hydroxyl groups is 1. The highest BCUT2D eigenvalue weighted by molar-refractivity contribution is 5.94. The lowest BCUT2D eigenvalue weighted by Gasteiger charge is -2.25. The summed E-state index contributed by atoms with van der Waals surface area (Å²) in [5.74, 6) is -4.96. The lowest BCUT2D eigenvalue weighted by molar-refractivity contribution is -0.139. The number of carboxylic acid groups (broad SMARTS) is 2. The molecule has 0 aliphatic heterocycles. The largest absolute Gasteiger partial charge is 0.481 e. The fourth-order valence-electron chi connectivity index (χ4n) is 3.35. The van der Waals surface area contributed by atoms with E-state index in [0.717, 1.165) is 10.9 Å². The second-order valence-electron chi connectivity index (χ2n) is 8.00. The number of carbonyl (C=O) groups excluding carboxylic acids is 3. The van der Waals surface area contributed by atoms with Crippen LogP contribution in [0, 0.1) is 0 Å². The lowest BCUT2D eigenvalue weighted by Crippen LogP contribution is -2.59. The van der Waals surface area contributed by atoms with E-state index < -0.39 is 60.4 Å². The topological polar surface area (TPSA) is 224 Å². The second-order valence-corrected chi connectivity index (χ2v) is 8.00. The molecule has 0 saturated heterocycles. The second kappa shape index (κ2) is 12.5. The molecule has 0 radical (unpaired) electrons. The summed E-state index contributed by atoms with van der Waals surface area (Å²) < 4.78 is 0. The molecule has 1 aromatic carbocycles. The Balaban J connectivity index is 2.19. The Morgan fingerprint density at radius 2 is 1.69 bits per heavy atom. The molecule has 9 N–H and O–H groups in total. The van der Waals surface area contributed by atoms with E-state index in [4.69, 9.17) is 15.9 Å². The van der Waals surface area contributed by atoms with Gasteiger partial charge in [0.1, 0.15) is 18.6 Å². The van der Waals surface area contributed by atoms with E-state index in [1.807, 2.05) is 18.2 Å². The fraction of sp³-hybridized carbons (Fsp3) is 0.409. The number of amides is 3. The first kappa shape index (κ1) is 27.3. The number of benzene rings is 1. The Kier molecular flexibility index (Phi) is 9.73. The van der Waals surface area contributed by atoms with Crippen molar-refractivity contribution in [2.45, 2.75) is 50.4 Å². The molecule has 35 heavy (non-hydrogen) atoms. The van der Waals surface area contributed by atoms with Crippen molar-refractivity contribution in [2.24, 2.45) is 5.73 Å². The molecule has 0 aliphatic carbocycles. The number of nitrogens with one attached hydrogen (secondary N) is 4. The van der Waals surface area contributed by atoms with E-state index in [9.17, 15) is 29.1 Å². The van der Waals surface area contributed by atoms with Gasteiger partial charge in [-0.25, -0.2) is 0 Å². The highest BCUT2D eigenvalue weighted by atomic mass is 16.4. The first-order valence-electron chi connectivity index (χ1n) is 10.8. The molecule has 13 heteroatoms. The van der Waals surface area contributed by atoms with Crippen LogP contribution in [0.4, 0.5) is 0 Å². The number of carboxylic acids is 2. The van der Waals surface area contributed by atoms with Crippen LogP contribution in [-0.2, 0) is 30.4 Å². The van der Waals surface area contributed by atoms with Crippen molar-refractivity contribution in [3.8, 4) is 0 Å². The maximum absolute atomic E-state index is 12.9. The van der Waals surface area contributed by atoms with Crippen molar-refractivity contribution < 1.29 is 39.3 Å². The summed E-state index contributed by atoms with van der Waals surface area (Å²) in [6.45, 7) is 0.570. The molecule has 4 unspecified atom stereocenters. The number of aromatic nitrogens is 1. The van der Waals surface area contributed by atoms with Gasteiger partial charge in [-0.15, -0.1) is 0 Å². The minimum absolute atomic E-state index is 0.0141. The van der Waals surface area contributed by atoms with E-state index in [1.165, 1.54) is 6.92 Å². The van der Waals surface area contributed by atoms with Crippen LogP contribution in [0.1, 0.15) is 25.3 Å². The molecule has 3 amide bonds. The van der Waals surface area contributed by atoms with Gasteiger partial charge < -0.3 is 42.0 Å². The number of hydrogen-bond acceptors (Lipinski definition) is 7. The third-order valence-corrected chi connectivity index (χ3v) is 5.21. The van der Waals surface area contributed by atoms with Gasteiger partial charge in [0.05, 0.1) is 12.1 Å². The van der Waals surface area contributed by atoms with E-state index in [0.29, 0.717) is 5.56 Å². The van der Waals surface area contributed by atoms with Crippen LogP contribution in [0.2, 0.25) is 0 Å². The summed E-state index contributed by atoms with van der Waals surface area (Å²) in [5.41, 5.74) is 7.13. The van der Waals surface area contributed by atoms with E-state index in [2.05, 4.69) is 20.9 Å². The molecule has 0 spiro atoms. The summed E-state index contributed by atoms with van der Waals surface area (Å²) in [5, 5.41) is 35.4. The number of para-hydroxylation sites is 1. The molecule has 1 aromatic heterocycles. The molecular weight excluding hydrogens is 462 g/mol. The van der Waals surface area contributed by atoms with Gasteiger partial charge >= 0.3 is 11.9 Å². The first-order chi connectivity index (χ1) is 16.5. The number of carbonyl (C=O) groups is 5. The zero-order chi connectivity index (χ0) is 26.1. The Morgan fingerprint density at radius 1 is 1.00 bits per heavy atom. The standard InChI is InChI=1S/C22H29N5O8/c1-11(28)19(27-20(33)14(23)6-7-17(29)30)22(35)26-16(21(34)25-10-18(31)32)8-12-9-24-15-5-3-2-4-13(12)15/h2-5,9,11,14,16,19,24,28H,6-8,10,23H2,1H3,(H,25,34)(H,26,35)(H,27,33)(H,29,30)(H,31,32). The molecule has 0 saturated carbocycles. The molecule has 0 aliphatic rings. The molecule has 0 fully saturated rings. The average molecular weight is 492 g/mol. The van der Waals surface area contributed by atoms with Gasteiger partial charge in [-0.1, -0.05) is 18.2 Å². The molecule has 2 aromatic rings. The number of H-pyrrole nitrogens is 1. The van der Waals surface area contributed by atoms with Crippen LogP contribution in [0.5, 0.6) is 0 Å². The summed E-state index contributed by atoms with van der Waals surface area (Å²) >= 11 is 0. The highest BCUT2D eigenvalue weighted by Gasteiger charge is 2.31. The number of aromatic amines is 1. The lowest BCUT2D eigenvalue weighted by atomic mass is 10.0. The highest BCUT2D eigenvalue weighted by Crippen LogP contribution is 2.19. The Hall–Kier alpha value is -3.97. The summed E-state index contributed by atoms with van der Waals surface area (Å²) in [6, 6.07) is 3.27. The average Bonchev–Trinajstić information content (AvgIpc) is 3.21. The van der Waals surface area contributed by atoms with Crippen molar-refractivity contribution in [1.29, 1.82) is 0 Å². The Labute approximate surface area is 200 Å². The molecule has 190 valence electrons.